The summed E-state index contributed by atoms with van der Waals surface area (Å²) in [6, 6.07) is 0. The third kappa shape index (κ3) is 26.6. The monoisotopic (exact) mass is 339 g/mol. The summed E-state index contributed by atoms with van der Waals surface area (Å²) in [4.78, 5) is 0. The van der Waals surface area contributed by atoms with Crippen molar-refractivity contribution in [2.24, 2.45) is 0 Å². The molecule has 0 saturated heterocycles. The van der Waals surface area contributed by atoms with E-state index in [0.29, 0.717) is 0 Å². The van der Waals surface area contributed by atoms with E-state index in [1.54, 1.807) is 7.11 Å². The molecule has 110 valence electrons. The van der Waals surface area contributed by atoms with Crippen LogP contribution in [0.15, 0.2) is 17.7 Å². The molecule has 17 heavy (non-hydrogen) atoms. The van der Waals surface area contributed by atoms with Gasteiger partial charge in [0, 0.05) is 35.4 Å². The molecule has 1 aliphatic carbocycles. The third-order valence-electron chi connectivity index (χ3n) is 1.34. The van der Waals surface area contributed by atoms with E-state index in [0.717, 1.165) is 19.4 Å². The van der Waals surface area contributed by atoms with Crippen molar-refractivity contribution in [2.45, 2.75) is 12.8 Å². The summed E-state index contributed by atoms with van der Waals surface area (Å²) in [5.41, 5.74) is 1.29. The first-order valence-corrected chi connectivity index (χ1v) is 3.18. The molecule has 1 aliphatic rings. The summed E-state index contributed by atoms with van der Waals surface area (Å²) >= 11 is 0. The number of allylic oxidation sites excluding steroid dienone is 3. The average Bonchev–Trinajstić information content (AvgIpc) is 2.34. The number of halogens is 3. The molecule has 0 spiro atoms. The Kier molecular flexibility index (Phi) is 110. The maximum absolute atomic E-state index is 4.91. The van der Waals surface area contributed by atoms with E-state index in [1.165, 1.54) is 5.57 Å². The molecule has 5 heteroatoms. The van der Waals surface area contributed by atoms with E-state index < -0.39 is 0 Å². The molecule has 0 radical (unpaired) electrons. The van der Waals surface area contributed by atoms with Crippen LogP contribution in [0.1, 0.15) is 12.8 Å². The van der Waals surface area contributed by atoms with E-state index in [4.69, 9.17) is 4.74 Å². The summed E-state index contributed by atoms with van der Waals surface area (Å²) in [5, 5.41) is 0. The van der Waals surface area contributed by atoms with Crippen LogP contribution in [0, 0.1) is 35.8 Å². The van der Waals surface area contributed by atoms with E-state index in [2.05, 4.69) is 18.2 Å². The molecule has 0 aromatic heterocycles. The summed E-state index contributed by atoms with van der Waals surface area (Å²) in [7, 11) is 1.72. The first kappa shape index (κ1) is 52.0. The Morgan fingerprint density at radius 1 is 1.12 bits per heavy atom. The van der Waals surface area contributed by atoms with Crippen LogP contribution >= 0.6 is 37.2 Å². The van der Waals surface area contributed by atoms with Gasteiger partial charge in [-0.1, -0.05) is 0 Å². The molecule has 0 heterocycles. The van der Waals surface area contributed by atoms with Crippen molar-refractivity contribution in [3.63, 3.8) is 0 Å². The number of methoxy groups -OCH3 is 1. The maximum atomic E-state index is 4.91. The number of hydrogen-bond donors (Lipinski definition) is 0. The molecule has 0 aromatic carbocycles. The molecule has 0 saturated carbocycles. The van der Waals surface area contributed by atoms with Crippen LogP contribution < -0.4 is 0 Å². The fourth-order valence-electron chi connectivity index (χ4n) is 0.834. The summed E-state index contributed by atoms with van der Waals surface area (Å²) in [6.45, 7) is 0.812. The minimum atomic E-state index is 0. The fourth-order valence-corrected chi connectivity index (χ4v) is 0.834. The van der Waals surface area contributed by atoms with Crippen molar-refractivity contribution in [3.8, 4) is 0 Å². The Balaban J connectivity index is -0.0000000169. The van der Waals surface area contributed by atoms with Gasteiger partial charge in [-0.25, -0.2) is 11.6 Å². The van der Waals surface area contributed by atoms with Crippen LogP contribution in [-0.4, -0.2) is 13.7 Å². The molecule has 0 aromatic rings. The van der Waals surface area contributed by atoms with Gasteiger partial charge in [-0.15, -0.1) is 43.6 Å². The maximum Gasteiger partial charge on any atom is 0.0473 e. The van der Waals surface area contributed by atoms with Gasteiger partial charge >= 0.3 is 0 Å². The summed E-state index contributed by atoms with van der Waals surface area (Å²) < 4.78 is 4.91. The van der Waals surface area contributed by atoms with E-state index >= 15 is 0 Å². The predicted molar refractivity (Wildman–Crippen MR) is 84.4 cm³/mol. The van der Waals surface area contributed by atoms with Crippen molar-refractivity contribution in [2.75, 3.05) is 13.7 Å². The molecule has 0 bridgehead atoms. The second-order valence-electron chi connectivity index (χ2n) is 2.05. The minimum Gasteiger partial charge on any atom is -0.384 e. The van der Waals surface area contributed by atoms with Crippen LogP contribution in [0.3, 0.4) is 0 Å². The summed E-state index contributed by atoms with van der Waals surface area (Å²) in [5.74, 6) is 0. The molecule has 0 N–H and O–H groups in total. The normalized spacial score (nSPS) is 8.65. The molecular formula is C12H26Cl3OTi-5. The molecule has 0 unspecified atom stereocenters. The van der Waals surface area contributed by atoms with Crippen LogP contribution in [0.4, 0.5) is 0 Å². The molecular weight excluding hydrogens is 314 g/mol. The number of ether oxygens (including phenoxy) is 1. The second kappa shape index (κ2) is 36.0. The zero-order valence-corrected chi connectivity index (χ0v) is 15.4. The van der Waals surface area contributed by atoms with Gasteiger partial charge in [0.15, 0.2) is 0 Å². The van der Waals surface area contributed by atoms with Gasteiger partial charge in [0.1, 0.15) is 0 Å². The van der Waals surface area contributed by atoms with Crippen molar-refractivity contribution in [1.29, 1.82) is 0 Å². The Hall–Kier alpha value is 1.02. The first-order valence-electron chi connectivity index (χ1n) is 3.18. The van der Waals surface area contributed by atoms with Gasteiger partial charge in [-0.05, 0) is 6.42 Å². The molecule has 0 fully saturated rings. The molecule has 0 aliphatic heterocycles. The van der Waals surface area contributed by atoms with Crippen LogP contribution in [0.2, 0.25) is 0 Å². The standard InChI is InChI=1S/C8H11O.4CH3.3ClH.Ti/c1-9-7-6-8-4-2-3-5-8;;;;;;;;/h2,4H,3,6-7H2,1H3;4*1H3;3*1H;/q5*-1;;;;. The second-order valence-corrected chi connectivity index (χ2v) is 2.05. The first-order chi connectivity index (χ1) is 4.43. The molecule has 0 amide bonds. The van der Waals surface area contributed by atoms with Crippen molar-refractivity contribution in [3.05, 3.63) is 53.5 Å². The van der Waals surface area contributed by atoms with Crippen molar-refractivity contribution in [1.82, 2.24) is 0 Å². The van der Waals surface area contributed by atoms with Gasteiger partial charge in [0.25, 0.3) is 0 Å². The van der Waals surface area contributed by atoms with Crippen LogP contribution in [0.5, 0.6) is 0 Å². The quantitative estimate of drug-likeness (QED) is 0.531. The van der Waals surface area contributed by atoms with Crippen molar-refractivity contribution >= 4 is 37.2 Å². The van der Waals surface area contributed by atoms with Gasteiger partial charge in [-0.2, -0.15) is 6.08 Å². The smallest absolute Gasteiger partial charge is 0.0473 e. The third-order valence-corrected chi connectivity index (χ3v) is 1.34. The zero-order valence-electron chi connectivity index (χ0n) is 11.4. The molecule has 1 nitrogen and oxygen atoms in total. The van der Waals surface area contributed by atoms with Gasteiger partial charge in [0.2, 0.25) is 0 Å². The minimum absolute atomic E-state index is 0. The topological polar surface area (TPSA) is 9.23 Å². The number of hydrogen-bond acceptors (Lipinski definition) is 1. The Morgan fingerprint density at radius 3 is 1.88 bits per heavy atom. The largest absolute Gasteiger partial charge is 0.384 e. The van der Waals surface area contributed by atoms with Crippen LogP contribution in [-0.2, 0) is 26.5 Å². The van der Waals surface area contributed by atoms with Gasteiger partial charge < -0.3 is 34.4 Å². The fraction of sp³-hybridized carbons (Fsp3) is 0.333. The van der Waals surface area contributed by atoms with E-state index in [1.807, 2.05) is 0 Å². The zero-order chi connectivity index (χ0) is 6.53. The average molecular weight is 341 g/mol. The Labute approximate surface area is 143 Å². The molecule has 0 atom stereocenters. The Bertz CT molecular complexity index is 151. The van der Waals surface area contributed by atoms with Crippen LogP contribution in [0.25, 0.3) is 0 Å². The van der Waals surface area contributed by atoms with E-state index in [-0.39, 0.29) is 88.6 Å². The van der Waals surface area contributed by atoms with Crippen molar-refractivity contribution < 1.29 is 26.5 Å². The number of rotatable bonds is 3. The van der Waals surface area contributed by atoms with E-state index in [9.17, 15) is 0 Å². The molecule has 1 rings (SSSR count). The Morgan fingerprint density at radius 2 is 1.59 bits per heavy atom. The summed E-state index contributed by atoms with van der Waals surface area (Å²) in [6.07, 6.45) is 9.44. The van der Waals surface area contributed by atoms with Gasteiger partial charge in [-0.3, -0.25) is 6.08 Å². The predicted octanol–water partition coefficient (Wildman–Crippen LogP) is 4.78. The van der Waals surface area contributed by atoms with Gasteiger partial charge in [0.05, 0.1) is 0 Å². The SMILES string of the molecule is COCCC1=[C-]CC=C1.Cl.Cl.Cl.[CH3-].[CH3-].[CH3-].[CH3-].[Ti].